The summed E-state index contributed by atoms with van der Waals surface area (Å²) >= 11 is 0. The number of para-hydroxylation sites is 1. The molecule has 1 heterocycles. The number of carbonyl (C=O) groups excluding carboxylic acids is 1. The molecule has 0 bridgehead atoms. The van der Waals surface area contributed by atoms with Crippen molar-refractivity contribution in [1.82, 2.24) is 9.40 Å². The van der Waals surface area contributed by atoms with Crippen molar-refractivity contribution in [2.45, 2.75) is 17.2 Å². The van der Waals surface area contributed by atoms with Crippen molar-refractivity contribution in [2.75, 3.05) is 13.2 Å². The number of pyridine rings is 1. The molecule has 0 aliphatic heterocycles. The Bertz CT molecular complexity index is 1350. The molecule has 188 valence electrons. The second-order valence-electron chi connectivity index (χ2n) is 6.94. The SMILES string of the molecule is NN(C(=O)c1cnc2ccccc2c1)S(=O)(=O)c1cc(OCC(F)(F)F)ccc1OCC(F)(F)F. The third-order valence-electron chi connectivity index (χ3n) is 4.28. The van der Waals surface area contributed by atoms with E-state index in [1.807, 2.05) is 0 Å². The number of aromatic nitrogens is 1. The zero-order chi connectivity index (χ0) is 26.0. The van der Waals surface area contributed by atoms with Crippen LogP contribution < -0.4 is 15.3 Å². The maximum Gasteiger partial charge on any atom is 0.422 e. The zero-order valence-corrected chi connectivity index (χ0v) is 18.1. The molecule has 2 aromatic carbocycles. The Morgan fingerprint density at radius 2 is 1.57 bits per heavy atom. The molecule has 1 aromatic heterocycles. The van der Waals surface area contributed by atoms with Crippen molar-refractivity contribution in [2.24, 2.45) is 5.84 Å². The van der Waals surface area contributed by atoms with Gasteiger partial charge in [0.05, 0.1) is 11.1 Å². The van der Waals surface area contributed by atoms with Crippen molar-refractivity contribution in [3.05, 3.63) is 60.3 Å². The standard InChI is InChI=1S/C20H15F6N3O5S/c21-19(22,23)10-33-14-5-6-16(34-11-20(24,25)26)17(8-14)35(31,32)29(27)18(30)13-7-12-3-1-2-4-15(12)28-9-13/h1-9H,10-11,27H2. The summed E-state index contributed by atoms with van der Waals surface area (Å²) in [5.74, 6) is 2.62. The molecule has 0 unspecified atom stereocenters. The molecule has 15 heteroatoms. The van der Waals surface area contributed by atoms with Crippen LogP contribution in [0.4, 0.5) is 26.3 Å². The van der Waals surface area contributed by atoms with Gasteiger partial charge < -0.3 is 9.47 Å². The van der Waals surface area contributed by atoms with Crippen LogP contribution in [0.1, 0.15) is 10.4 Å². The van der Waals surface area contributed by atoms with Crippen LogP contribution in [0.25, 0.3) is 10.9 Å². The summed E-state index contributed by atoms with van der Waals surface area (Å²) in [7, 11) is -5.13. The van der Waals surface area contributed by atoms with Gasteiger partial charge in [0, 0.05) is 17.6 Å². The molecular weight excluding hydrogens is 508 g/mol. The Morgan fingerprint density at radius 3 is 2.23 bits per heavy atom. The van der Waals surface area contributed by atoms with Crippen molar-refractivity contribution in [3.8, 4) is 11.5 Å². The number of nitrogens with zero attached hydrogens (tertiary/aromatic N) is 2. The first-order chi connectivity index (χ1) is 16.2. The van der Waals surface area contributed by atoms with Gasteiger partial charge in [-0.15, -0.1) is 0 Å². The monoisotopic (exact) mass is 523 g/mol. The lowest BCUT2D eigenvalue weighted by Gasteiger charge is -2.20. The molecule has 0 aliphatic carbocycles. The van der Waals surface area contributed by atoms with Gasteiger partial charge in [-0.2, -0.15) is 39.2 Å². The number of halogens is 6. The third-order valence-corrected chi connectivity index (χ3v) is 5.84. The van der Waals surface area contributed by atoms with E-state index in [-0.39, 0.29) is 9.98 Å². The molecule has 0 aliphatic rings. The number of fused-ring (bicyclic) bond motifs is 1. The summed E-state index contributed by atoms with van der Waals surface area (Å²) in [4.78, 5) is 15.6. The number of rotatable bonds is 7. The van der Waals surface area contributed by atoms with Crippen LogP contribution in [0.2, 0.25) is 0 Å². The van der Waals surface area contributed by atoms with Gasteiger partial charge in [-0.05, 0) is 24.3 Å². The number of carbonyl (C=O) groups is 1. The molecule has 3 aromatic rings. The molecule has 3 rings (SSSR count). The van der Waals surface area contributed by atoms with Gasteiger partial charge in [0.2, 0.25) is 0 Å². The average Bonchev–Trinajstić information content (AvgIpc) is 2.79. The summed E-state index contributed by atoms with van der Waals surface area (Å²) in [5.41, 5.74) is 0.199. The predicted octanol–water partition coefficient (Wildman–Crippen LogP) is 3.82. The number of hydrazine groups is 1. The van der Waals surface area contributed by atoms with Crippen LogP contribution in [0.5, 0.6) is 11.5 Å². The van der Waals surface area contributed by atoms with Crippen molar-refractivity contribution in [1.29, 1.82) is 0 Å². The summed E-state index contributed by atoms with van der Waals surface area (Å²) < 4.78 is 110. The van der Waals surface area contributed by atoms with E-state index in [0.29, 0.717) is 23.0 Å². The van der Waals surface area contributed by atoms with Gasteiger partial charge >= 0.3 is 12.4 Å². The lowest BCUT2D eigenvalue weighted by atomic mass is 10.1. The molecule has 35 heavy (non-hydrogen) atoms. The van der Waals surface area contributed by atoms with Gasteiger partial charge in [-0.1, -0.05) is 18.2 Å². The van der Waals surface area contributed by atoms with E-state index >= 15 is 0 Å². The Kier molecular flexibility index (Phi) is 7.12. The number of hydrogen-bond donors (Lipinski definition) is 1. The van der Waals surface area contributed by atoms with Crippen LogP contribution in [0.3, 0.4) is 0 Å². The first kappa shape index (κ1) is 26.0. The number of amides is 1. The number of hydrogen-bond acceptors (Lipinski definition) is 7. The highest BCUT2D eigenvalue weighted by Crippen LogP contribution is 2.32. The van der Waals surface area contributed by atoms with Gasteiger partial charge in [-0.3, -0.25) is 9.78 Å². The summed E-state index contributed by atoms with van der Waals surface area (Å²) in [5, 5.41) is 0.459. The largest absolute Gasteiger partial charge is 0.484 e. The second kappa shape index (κ2) is 9.58. The van der Waals surface area contributed by atoms with Crippen LogP contribution in [0, 0.1) is 0 Å². The average molecular weight is 523 g/mol. The highest BCUT2D eigenvalue weighted by atomic mass is 32.2. The Hall–Kier alpha value is -3.59. The molecule has 1 amide bonds. The lowest BCUT2D eigenvalue weighted by Crippen LogP contribution is -2.42. The van der Waals surface area contributed by atoms with E-state index < -0.39 is 57.9 Å². The Morgan fingerprint density at radius 1 is 0.943 bits per heavy atom. The maximum atomic E-state index is 13.0. The quantitative estimate of drug-likeness (QED) is 0.217. The number of ether oxygens (including phenoxy) is 2. The first-order valence-corrected chi connectivity index (χ1v) is 10.8. The second-order valence-corrected chi connectivity index (χ2v) is 8.72. The van der Waals surface area contributed by atoms with Crippen LogP contribution in [-0.4, -0.2) is 49.3 Å². The van der Waals surface area contributed by atoms with Gasteiger partial charge in [0.15, 0.2) is 13.2 Å². The number of sulfonamides is 1. The fourth-order valence-electron chi connectivity index (χ4n) is 2.75. The highest BCUT2D eigenvalue weighted by Gasteiger charge is 2.35. The van der Waals surface area contributed by atoms with Crippen LogP contribution >= 0.6 is 0 Å². The minimum absolute atomic E-state index is 0.276. The fraction of sp³-hybridized carbons (Fsp3) is 0.200. The van der Waals surface area contributed by atoms with E-state index in [1.54, 1.807) is 24.3 Å². The lowest BCUT2D eigenvalue weighted by molar-refractivity contribution is -0.154. The molecule has 0 spiro atoms. The van der Waals surface area contributed by atoms with Crippen molar-refractivity contribution < 1.29 is 49.0 Å². The van der Waals surface area contributed by atoms with Crippen molar-refractivity contribution in [3.63, 3.8) is 0 Å². The molecule has 0 fully saturated rings. The van der Waals surface area contributed by atoms with Crippen molar-refractivity contribution >= 4 is 26.8 Å². The molecule has 0 saturated heterocycles. The number of nitrogens with two attached hydrogens (primary N) is 1. The van der Waals surface area contributed by atoms with E-state index in [9.17, 15) is 39.6 Å². The maximum absolute atomic E-state index is 13.0. The molecule has 8 nitrogen and oxygen atoms in total. The third kappa shape index (κ3) is 6.51. The first-order valence-electron chi connectivity index (χ1n) is 9.40. The molecular formula is C20H15F6N3O5S. The molecule has 0 radical (unpaired) electrons. The van der Waals surface area contributed by atoms with E-state index in [4.69, 9.17) is 5.84 Å². The number of benzene rings is 2. The Balaban J connectivity index is 1.99. The smallest absolute Gasteiger partial charge is 0.422 e. The molecule has 0 saturated carbocycles. The molecule has 2 N–H and O–H groups in total. The zero-order valence-electron chi connectivity index (χ0n) is 17.3. The summed E-state index contributed by atoms with van der Waals surface area (Å²) in [6.07, 6.45) is -8.63. The van der Waals surface area contributed by atoms with E-state index in [2.05, 4.69) is 14.5 Å². The van der Waals surface area contributed by atoms with Gasteiger partial charge in [-0.25, -0.2) is 5.84 Å². The van der Waals surface area contributed by atoms with E-state index in [1.165, 1.54) is 6.07 Å². The van der Waals surface area contributed by atoms with Crippen LogP contribution in [0.15, 0.2) is 59.6 Å². The highest BCUT2D eigenvalue weighted by molar-refractivity contribution is 7.89. The minimum Gasteiger partial charge on any atom is -0.484 e. The predicted molar refractivity (Wildman–Crippen MR) is 109 cm³/mol. The van der Waals surface area contributed by atoms with Gasteiger partial charge in [0.25, 0.3) is 15.9 Å². The van der Waals surface area contributed by atoms with E-state index in [0.717, 1.165) is 12.3 Å². The number of alkyl halides is 6. The fourth-order valence-corrected chi connectivity index (χ4v) is 3.94. The summed E-state index contributed by atoms with van der Waals surface area (Å²) in [6, 6.07) is 9.68. The normalized spacial score (nSPS) is 12.4. The minimum atomic E-state index is -5.13. The molecule has 0 atom stereocenters. The Labute approximate surface area is 193 Å². The summed E-state index contributed by atoms with van der Waals surface area (Å²) in [6.45, 7) is -3.74. The van der Waals surface area contributed by atoms with Gasteiger partial charge in [0.1, 0.15) is 16.4 Å². The van der Waals surface area contributed by atoms with Crippen LogP contribution in [-0.2, 0) is 10.0 Å². The topological polar surface area (TPSA) is 112 Å².